The van der Waals surface area contributed by atoms with Crippen LogP contribution in [0, 0.1) is 6.92 Å². The molecule has 0 aliphatic rings. The van der Waals surface area contributed by atoms with E-state index in [-0.39, 0.29) is 24.0 Å². The minimum atomic E-state index is 0. The van der Waals surface area contributed by atoms with Gasteiger partial charge in [-0.15, -0.1) is 24.0 Å². The molecule has 0 fully saturated rings. The molecule has 20 heavy (non-hydrogen) atoms. The highest BCUT2D eigenvalue weighted by Crippen LogP contribution is 2.15. The molecule has 1 aromatic carbocycles. The van der Waals surface area contributed by atoms with Crippen LogP contribution >= 0.6 is 24.0 Å². The summed E-state index contributed by atoms with van der Waals surface area (Å²) < 4.78 is 0. The van der Waals surface area contributed by atoms with Crippen LogP contribution in [-0.4, -0.2) is 33.9 Å². The SMILES string of the molecule is CCN(CC)C(N)=NCc1nc2c(C)cccc2[nH]1.I. The number of H-pyrrole nitrogens is 1. The normalized spacial score (nSPS) is 11.4. The Morgan fingerprint density at radius 1 is 1.35 bits per heavy atom. The quantitative estimate of drug-likeness (QED) is 0.482. The fourth-order valence-electron chi connectivity index (χ4n) is 2.10. The average Bonchev–Trinajstić information content (AvgIpc) is 2.82. The number of aryl methyl sites for hydroxylation is 1. The van der Waals surface area contributed by atoms with Gasteiger partial charge in [0.1, 0.15) is 12.4 Å². The Morgan fingerprint density at radius 2 is 2.05 bits per heavy atom. The molecule has 0 saturated heterocycles. The molecular weight excluding hydrogens is 365 g/mol. The molecular formula is C14H22IN5. The van der Waals surface area contributed by atoms with Crippen LogP contribution in [0.5, 0.6) is 0 Å². The van der Waals surface area contributed by atoms with Crippen molar-refractivity contribution >= 4 is 41.0 Å². The van der Waals surface area contributed by atoms with Crippen molar-refractivity contribution in [3.63, 3.8) is 0 Å². The van der Waals surface area contributed by atoms with Gasteiger partial charge in [-0.05, 0) is 32.4 Å². The number of nitrogens with one attached hydrogen (secondary N) is 1. The molecule has 1 aromatic heterocycles. The zero-order valence-corrected chi connectivity index (χ0v) is 14.5. The smallest absolute Gasteiger partial charge is 0.191 e. The van der Waals surface area contributed by atoms with Crippen molar-refractivity contribution in [1.82, 2.24) is 14.9 Å². The molecule has 0 atom stereocenters. The average molecular weight is 387 g/mol. The first kappa shape index (κ1) is 16.7. The van der Waals surface area contributed by atoms with Crippen LogP contribution in [0.4, 0.5) is 0 Å². The lowest BCUT2D eigenvalue weighted by molar-refractivity contribution is 0.458. The summed E-state index contributed by atoms with van der Waals surface area (Å²) in [6, 6.07) is 6.10. The lowest BCUT2D eigenvalue weighted by Gasteiger charge is -2.18. The summed E-state index contributed by atoms with van der Waals surface area (Å²) in [7, 11) is 0. The molecule has 2 aromatic rings. The van der Waals surface area contributed by atoms with Gasteiger partial charge in [0.25, 0.3) is 0 Å². The van der Waals surface area contributed by atoms with Gasteiger partial charge in [0.2, 0.25) is 0 Å². The van der Waals surface area contributed by atoms with Gasteiger partial charge >= 0.3 is 0 Å². The van der Waals surface area contributed by atoms with Crippen LogP contribution in [-0.2, 0) is 6.54 Å². The van der Waals surface area contributed by atoms with Gasteiger partial charge in [0, 0.05) is 13.1 Å². The number of aliphatic imine (C=N–C) groups is 1. The highest BCUT2D eigenvalue weighted by atomic mass is 127. The standard InChI is InChI=1S/C14H21N5.HI/c1-4-19(5-2)14(15)16-9-12-17-11-8-6-7-10(3)13(11)18-12;/h6-8H,4-5,9H2,1-3H3,(H2,15,16)(H,17,18);1H. The molecule has 6 heteroatoms. The van der Waals surface area contributed by atoms with E-state index in [1.807, 2.05) is 17.0 Å². The van der Waals surface area contributed by atoms with Crippen LogP contribution in [0.15, 0.2) is 23.2 Å². The van der Waals surface area contributed by atoms with Gasteiger partial charge < -0.3 is 15.6 Å². The summed E-state index contributed by atoms with van der Waals surface area (Å²) in [6.07, 6.45) is 0. The Morgan fingerprint density at radius 3 is 2.65 bits per heavy atom. The molecule has 0 unspecified atom stereocenters. The molecule has 0 radical (unpaired) electrons. The number of hydrogen-bond donors (Lipinski definition) is 2. The highest BCUT2D eigenvalue weighted by molar-refractivity contribution is 14.0. The fourth-order valence-corrected chi connectivity index (χ4v) is 2.10. The minimum Gasteiger partial charge on any atom is -0.370 e. The third kappa shape index (κ3) is 3.62. The number of benzene rings is 1. The molecule has 0 bridgehead atoms. The van der Waals surface area contributed by atoms with Crippen molar-refractivity contribution in [2.24, 2.45) is 10.7 Å². The van der Waals surface area contributed by atoms with E-state index in [0.29, 0.717) is 12.5 Å². The van der Waals surface area contributed by atoms with Gasteiger partial charge in [-0.1, -0.05) is 12.1 Å². The Hall–Kier alpha value is -1.31. The van der Waals surface area contributed by atoms with E-state index in [4.69, 9.17) is 5.73 Å². The number of nitrogens with zero attached hydrogens (tertiary/aromatic N) is 3. The van der Waals surface area contributed by atoms with E-state index in [1.165, 1.54) is 5.56 Å². The fraction of sp³-hybridized carbons (Fsp3) is 0.429. The monoisotopic (exact) mass is 387 g/mol. The van der Waals surface area contributed by atoms with E-state index in [1.54, 1.807) is 0 Å². The second-order valence-electron chi connectivity index (χ2n) is 4.50. The van der Waals surface area contributed by atoms with Crippen molar-refractivity contribution in [2.75, 3.05) is 13.1 Å². The Bertz CT molecular complexity index is 586. The van der Waals surface area contributed by atoms with Crippen LogP contribution in [0.2, 0.25) is 0 Å². The number of nitrogens with two attached hydrogens (primary N) is 1. The summed E-state index contributed by atoms with van der Waals surface area (Å²) in [4.78, 5) is 14.2. The molecule has 0 saturated carbocycles. The van der Waals surface area contributed by atoms with Crippen molar-refractivity contribution in [3.8, 4) is 0 Å². The van der Waals surface area contributed by atoms with Gasteiger partial charge in [0.05, 0.1) is 11.0 Å². The van der Waals surface area contributed by atoms with Crippen molar-refractivity contribution in [2.45, 2.75) is 27.3 Å². The predicted octanol–water partition coefficient (Wildman–Crippen LogP) is 2.65. The van der Waals surface area contributed by atoms with Gasteiger partial charge in [-0.25, -0.2) is 9.98 Å². The van der Waals surface area contributed by atoms with Crippen LogP contribution in [0.1, 0.15) is 25.2 Å². The Balaban J connectivity index is 0.00000200. The minimum absolute atomic E-state index is 0. The number of rotatable bonds is 4. The van der Waals surface area contributed by atoms with Crippen molar-refractivity contribution in [1.29, 1.82) is 0 Å². The van der Waals surface area contributed by atoms with E-state index in [0.717, 1.165) is 29.9 Å². The summed E-state index contributed by atoms with van der Waals surface area (Å²) in [5.74, 6) is 1.42. The lowest BCUT2D eigenvalue weighted by Crippen LogP contribution is -2.37. The third-order valence-electron chi connectivity index (χ3n) is 3.24. The van der Waals surface area contributed by atoms with E-state index in [2.05, 4.69) is 41.8 Å². The molecule has 3 N–H and O–H groups in total. The zero-order chi connectivity index (χ0) is 13.8. The number of fused-ring (bicyclic) bond motifs is 1. The summed E-state index contributed by atoms with van der Waals surface area (Å²) in [5.41, 5.74) is 9.17. The summed E-state index contributed by atoms with van der Waals surface area (Å²) >= 11 is 0. The lowest BCUT2D eigenvalue weighted by atomic mass is 10.2. The van der Waals surface area contributed by atoms with Crippen LogP contribution < -0.4 is 5.73 Å². The summed E-state index contributed by atoms with van der Waals surface area (Å²) in [6.45, 7) is 8.40. The molecule has 0 amide bonds. The Labute approximate surface area is 136 Å². The maximum absolute atomic E-state index is 5.95. The molecule has 5 nitrogen and oxygen atoms in total. The molecule has 110 valence electrons. The number of para-hydroxylation sites is 1. The second kappa shape index (κ2) is 7.47. The first-order valence-electron chi connectivity index (χ1n) is 6.64. The first-order valence-corrected chi connectivity index (χ1v) is 6.64. The van der Waals surface area contributed by atoms with Crippen LogP contribution in [0.25, 0.3) is 11.0 Å². The van der Waals surface area contributed by atoms with Crippen molar-refractivity contribution in [3.05, 3.63) is 29.6 Å². The van der Waals surface area contributed by atoms with Crippen molar-refractivity contribution < 1.29 is 0 Å². The molecule has 0 spiro atoms. The topological polar surface area (TPSA) is 70.3 Å². The maximum atomic E-state index is 5.95. The highest BCUT2D eigenvalue weighted by Gasteiger charge is 2.05. The number of aromatic nitrogens is 2. The molecule has 2 rings (SSSR count). The summed E-state index contributed by atoms with van der Waals surface area (Å²) in [5, 5.41) is 0. The number of guanidine groups is 1. The van der Waals surface area contributed by atoms with E-state index in [9.17, 15) is 0 Å². The first-order chi connectivity index (χ1) is 9.15. The Kier molecular flexibility index (Phi) is 6.25. The van der Waals surface area contributed by atoms with Gasteiger partial charge in [-0.3, -0.25) is 0 Å². The molecule has 0 aliphatic carbocycles. The number of aromatic amines is 1. The second-order valence-corrected chi connectivity index (χ2v) is 4.50. The zero-order valence-electron chi connectivity index (χ0n) is 12.2. The number of imidazole rings is 1. The number of halogens is 1. The van der Waals surface area contributed by atoms with E-state index >= 15 is 0 Å². The van der Waals surface area contributed by atoms with Crippen LogP contribution in [0.3, 0.4) is 0 Å². The largest absolute Gasteiger partial charge is 0.370 e. The molecule has 1 heterocycles. The van der Waals surface area contributed by atoms with Gasteiger partial charge in [0.15, 0.2) is 5.96 Å². The van der Waals surface area contributed by atoms with E-state index < -0.39 is 0 Å². The maximum Gasteiger partial charge on any atom is 0.191 e. The van der Waals surface area contributed by atoms with Gasteiger partial charge in [-0.2, -0.15) is 0 Å². The predicted molar refractivity (Wildman–Crippen MR) is 94.5 cm³/mol. The number of hydrogen-bond acceptors (Lipinski definition) is 2. The molecule has 0 aliphatic heterocycles. The third-order valence-corrected chi connectivity index (χ3v) is 3.24.